The van der Waals surface area contributed by atoms with Crippen molar-refractivity contribution in [1.82, 2.24) is 0 Å². The molecule has 0 aliphatic rings. The molecule has 6 heteroatoms. The van der Waals surface area contributed by atoms with Crippen molar-refractivity contribution >= 4 is 11.6 Å². The van der Waals surface area contributed by atoms with Gasteiger partial charge < -0.3 is 5.73 Å². The van der Waals surface area contributed by atoms with Gasteiger partial charge in [-0.2, -0.15) is 13.2 Å². The van der Waals surface area contributed by atoms with Gasteiger partial charge in [-0.3, -0.25) is 0 Å². The zero-order valence-electron chi connectivity index (χ0n) is 7.48. The summed E-state index contributed by atoms with van der Waals surface area (Å²) in [4.78, 5) is 0. The maximum atomic E-state index is 12.8. The highest BCUT2D eigenvalue weighted by Crippen LogP contribution is 2.37. The summed E-state index contributed by atoms with van der Waals surface area (Å²) in [5, 5.41) is -0.135. The largest absolute Gasteiger partial charge is 0.397 e. The first-order valence-corrected chi connectivity index (χ1v) is 4.45. The molecule has 0 radical (unpaired) electrons. The summed E-state index contributed by atoms with van der Waals surface area (Å²) < 4.78 is 50.1. The van der Waals surface area contributed by atoms with Crippen LogP contribution < -0.4 is 5.73 Å². The Labute approximate surface area is 88.8 Å². The van der Waals surface area contributed by atoms with E-state index in [-0.39, 0.29) is 10.6 Å². The third-order valence-electron chi connectivity index (χ3n) is 1.96. The average Bonchev–Trinajstić information content (AvgIpc) is 2.10. The first-order chi connectivity index (χ1) is 6.86. The Morgan fingerprint density at radius 3 is 2.40 bits per heavy atom. The quantitative estimate of drug-likeness (QED) is 0.791. The molecule has 1 aromatic carbocycles. The number of benzene rings is 1. The zero-order valence-corrected chi connectivity index (χ0v) is 8.24. The zero-order chi connectivity index (χ0) is 11.6. The van der Waals surface area contributed by atoms with Crippen molar-refractivity contribution in [1.29, 1.82) is 0 Å². The molecule has 1 unspecified atom stereocenters. The second-order valence-electron chi connectivity index (χ2n) is 3.00. The Morgan fingerprint density at radius 1 is 1.33 bits per heavy atom. The van der Waals surface area contributed by atoms with Crippen LogP contribution in [0.25, 0.3) is 0 Å². The number of nitrogens with two attached hydrogens (primary N) is 1. The van der Waals surface area contributed by atoms with Crippen LogP contribution in [0.2, 0.25) is 5.02 Å². The van der Waals surface area contributed by atoms with Gasteiger partial charge >= 0.3 is 6.18 Å². The standard InChI is InChI=1S/C9H8ClF4N/c10-8-2-1-5(11)3-6(8)7(4-15)9(12,13)14/h1-3,7H,4,15H2. The topological polar surface area (TPSA) is 26.0 Å². The van der Waals surface area contributed by atoms with E-state index < -0.39 is 24.5 Å². The molecule has 0 spiro atoms. The first-order valence-electron chi connectivity index (χ1n) is 4.08. The van der Waals surface area contributed by atoms with Gasteiger partial charge in [0.25, 0.3) is 0 Å². The lowest BCUT2D eigenvalue weighted by molar-refractivity contribution is -0.148. The molecule has 1 nitrogen and oxygen atoms in total. The number of hydrogen-bond acceptors (Lipinski definition) is 1. The molecule has 0 aliphatic carbocycles. The van der Waals surface area contributed by atoms with Crippen molar-refractivity contribution in [2.24, 2.45) is 5.73 Å². The third kappa shape index (κ3) is 2.82. The van der Waals surface area contributed by atoms with Crippen molar-refractivity contribution in [2.75, 3.05) is 6.54 Å². The summed E-state index contributed by atoms with van der Waals surface area (Å²) in [6, 6.07) is 2.84. The number of rotatable bonds is 2. The summed E-state index contributed by atoms with van der Waals surface area (Å²) in [6.45, 7) is -0.660. The van der Waals surface area contributed by atoms with Gasteiger partial charge in [-0.15, -0.1) is 0 Å². The minimum Gasteiger partial charge on any atom is -0.330 e. The molecule has 15 heavy (non-hydrogen) atoms. The molecular weight excluding hydrogens is 234 g/mol. The van der Waals surface area contributed by atoms with E-state index in [1.165, 1.54) is 0 Å². The number of halogens is 5. The molecule has 0 bridgehead atoms. The molecule has 0 saturated carbocycles. The summed E-state index contributed by atoms with van der Waals surface area (Å²) in [7, 11) is 0. The van der Waals surface area contributed by atoms with Gasteiger partial charge in [0.1, 0.15) is 5.82 Å². The van der Waals surface area contributed by atoms with Crippen LogP contribution in [0.1, 0.15) is 11.5 Å². The van der Waals surface area contributed by atoms with E-state index in [1.54, 1.807) is 0 Å². The Morgan fingerprint density at radius 2 is 1.93 bits per heavy atom. The van der Waals surface area contributed by atoms with Crippen molar-refractivity contribution < 1.29 is 17.6 Å². The van der Waals surface area contributed by atoms with Gasteiger partial charge in [0.2, 0.25) is 0 Å². The molecule has 0 heterocycles. The molecule has 0 aromatic heterocycles. The molecule has 0 aliphatic heterocycles. The van der Waals surface area contributed by atoms with Gasteiger partial charge in [-0.05, 0) is 23.8 Å². The minimum atomic E-state index is -4.52. The predicted molar refractivity (Wildman–Crippen MR) is 49.3 cm³/mol. The van der Waals surface area contributed by atoms with Gasteiger partial charge in [-0.1, -0.05) is 11.6 Å². The second-order valence-corrected chi connectivity index (χ2v) is 3.40. The fourth-order valence-corrected chi connectivity index (χ4v) is 1.47. The van der Waals surface area contributed by atoms with Crippen LogP contribution in [-0.2, 0) is 0 Å². The monoisotopic (exact) mass is 241 g/mol. The molecule has 1 rings (SSSR count). The summed E-state index contributed by atoms with van der Waals surface area (Å²) in [5.74, 6) is -2.70. The number of hydrogen-bond donors (Lipinski definition) is 1. The minimum absolute atomic E-state index is 0.135. The highest BCUT2D eigenvalue weighted by molar-refractivity contribution is 6.31. The van der Waals surface area contributed by atoms with E-state index in [0.717, 1.165) is 18.2 Å². The van der Waals surface area contributed by atoms with E-state index in [1.807, 2.05) is 0 Å². The lowest BCUT2D eigenvalue weighted by atomic mass is 9.98. The van der Waals surface area contributed by atoms with Crippen molar-refractivity contribution in [2.45, 2.75) is 12.1 Å². The Balaban J connectivity index is 3.18. The first kappa shape index (κ1) is 12.3. The van der Waals surface area contributed by atoms with Crippen molar-refractivity contribution in [3.8, 4) is 0 Å². The fourth-order valence-electron chi connectivity index (χ4n) is 1.22. The van der Waals surface area contributed by atoms with Crippen LogP contribution in [0, 0.1) is 5.82 Å². The normalized spacial score (nSPS) is 14.0. The van der Waals surface area contributed by atoms with E-state index in [9.17, 15) is 17.6 Å². The van der Waals surface area contributed by atoms with E-state index in [4.69, 9.17) is 17.3 Å². The van der Waals surface area contributed by atoms with Crippen LogP contribution in [-0.4, -0.2) is 12.7 Å². The molecule has 0 saturated heterocycles. The third-order valence-corrected chi connectivity index (χ3v) is 2.31. The highest BCUT2D eigenvalue weighted by Gasteiger charge is 2.40. The van der Waals surface area contributed by atoms with Crippen LogP contribution in [0.5, 0.6) is 0 Å². The lowest BCUT2D eigenvalue weighted by Crippen LogP contribution is -2.28. The van der Waals surface area contributed by atoms with Crippen LogP contribution in [0.3, 0.4) is 0 Å². The fraction of sp³-hybridized carbons (Fsp3) is 0.333. The van der Waals surface area contributed by atoms with Gasteiger partial charge in [0.05, 0.1) is 5.92 Å². The molecule has 84 valence electrons. The number of alkyl halides is 3. The lowest BCUT2D eigenvalue weighted by Gasteiger charge is -2.19. The van der Waals surface area contributed by atoms with E-state index >= 15 is 0 Å². The van der Waals surface area contributed by atoms with Gasteiger partial charge in [0, 0.05) is 11.6 Å². The average molecular weight is 242 g/mol. The molecule has 2 N–H and O–H groups in total. The van der Waals surface area contributed by atoms with Crippen LogP contribution in [0.15, 0.2) is 18.2 Å². The Kier molecular flexibility index (Phi) is 3.57. The second kappa shape index (κ2) is 4.37. The van der Waals surface area contributed by atoms with Gasteiger partial charge in [0.15, 0.2) is 0 Å². The Bertz CT molecular complexity index is 350. The summed E-state index contributed by atoms with van der Waals surface area (Å²) in [5.41, 5.74) is 4.68. The van der Waals surface area contributed by atoms with E-state index in [2.05, 4.69) is 0 Å². The molecular formula is C9H8ClF4N. The molecule has 0 amide bonds. The summed E-state index contributed by atoms with van der Waals surface area (Å²) in [6.07, 6.45) is -4.52. The van der Waals surface area contributed by atoms with E-state index in [0.29, 0.717) is 0 Å². The highest BCUT2D eigenvalue weighted by atomic mass is 35.5. The molecule has 1 aromatic rings. The Hall–Kier alpha value is -0.810. The summed E-state index contributed by atoms with van der Waals surface area (Å²) >= 11 is 5.55. The smallest absolute Gasteiger partial charge is 0.330 e. The van der Waals surface area contributed by atoms with Gasteiger partial charge in [-0.25, -0.2) is 4.39 Å². The molecule has 0 fully saturated rings. The SMILES string of the molecule is NCC(c1cc(F)ccc1Cl)C(F)(F)F. The van der Waals surface area contributed by atoms with Crippen molar-refractivity contribution in [3.63, 3.8) is 0 Å². The molecule has 1 atom stereocenters. The predicted octanol–water partition coefficient (Wildman–Crippen LogP) is 3.08. The van der Waals surface area contributed by atoms with Crippen molar-refractivity contribution in [3.05, 3.63) is 34.6 Å². The maximum Gasteiger partial charge on any atom is 0.397 e. The van der Waals surface area contributed by atoms with Crippen LogP contribution >= 0.6 is 11.6 Å². The maximum absolute atomic E-state index is 12.8. The van der Waals surface area contributed by atoms with Crippen LogP contribution in [0.4, 0.5) is 17.6 Å².